The smallest absolute Gasteiger partial charge is 0.407 e. The van der Waals surface area contributed by atoms with Crippen molar-refractivity contribution in [3.63, 3.8) is 0 Å². The molecule has 3 fully saturated rings. The average Bonchev–Trinajstić information content (AvgIpc) is 3.68. The number of likely N-dealkylation sites (tertiary alicyclic amines) is 1. The second-order valence-corrected chi connectivity index (χ2v) is 14.5. The molecule has 2 saturated carbocycles. The number of aromatic nitrogens is 1. The van der Waals surface area contributed by atoms with Gasteiger partial charge in [0.2, 0.25) is 11.8 Å². The molecule has 1 aliphatic heterocycles. The number of methoxy groups -OCH3 is 1. The molecule has 2 aliphatic carbocycles. The predicted octanol–water partition coefficient (Wildman–Crippen LogP) is 5.90. The van der Waals surface area contributed by atoms with Gasteiger partial charge in [0, 0.05) is 36.2 Å². The van der Waals surface area contributed by atoms with Crippen LogP contribution >= 0.6 is 0 Å². The predicted molar refractivity (Wildman–Crippen MR) is 175 cm³/mol. The third-order valence-corrected chi connectivity index (χ3v) is 10.3. The van der Waals surface area contributed by atoms with E-state index in [0.717, 1.165) is 32.1 Å². The van der Waals surface area contributed by atoms with Crippen LogP contribution in [-0.4, -0.2) is 83.0 Å². The van der Waals surface area contributed by atoms with Gasteiger partial charge in [-0.3, -0.25) is 9.59 Å². The normalized spacial score (nSPS) is 27.3. The fourth-order valence-electron chi connectivity index (χ4n) is 7.93. The van der Waals surface area contributed by atoms with E-state index in [4.69, 9.17) is 9.47 Å². The van der Waals surface area contributed by atoms with Gasteiger partial charge in [-0.15, -0.1) is 0 Å². The highest BCUT2D eigenvalue weighted by atomic mass is 19.1. The summed E-state index contributed by atoms with van der Waals surface area (Å²) >= 11 is 0. The number of alkyl carbamates (subject to hydrolysis) is 1. The second-order valence-electron chi connectivity index (χ2n) is 14.5. The number of rotatable bonds is 9. The number of H-pyrrole nitrogens is 1. The summed E-state index contributed by atoms with van der Waals surface area (Å²) in [7, 11) is 1.73. The lowest BCUT2D eigenvalue weighted by Crippen LogP contribution is -2.50. The summed E-state index contributed by atoms with van der Waals surface area (Å²) in [5.74, 6) is -1.43. The van der Waals surface area contributed by atoms with Gasteiger partial charge in [0.05, 0.1) is 12.1 Å². The molecular formula is C35H49FN4O7. The molecule has 5 rings (SSSR count). The molecule has 1 aromatic heterocycles. The fraction of sp³-hybridized carbons (Fsp3) is 0.657. The van der Waals surface area contributed by atoms with Crippen molar-refractivity contribution in [3.05, 3.63) is 30.0 Å². The van der Waals surface area contributed by atoms with E-state index in [1.54, 1.807) is 51.0 Å². The molecule has 0 radical (unpaired) electrons. The molecule has 258 valence electrons. The number of anilines is 1. The lowest BCUT2D eigenvalue weighted by molar-refractivity contribution is -0.142. The van der Waals surface area contributed by atoms with Crippen molar-refractivity contribution in [1.82, 2.24) is 15.2 Å². The van der Waals surface area contributed by atoms with Gasteiger partial charge in [-0.2, -0.15) is 0 Å². The van der Waals surface area contributed by atoms with Gasteiger partial charge >= 0.3 is 12.1 Å². The van der Waals surface area contributed by atoms with Gasteiger partial charge in [0.15, 0.2) is 0 Å². The number of carbonyl (C=O) groups excluding carboxylic acids is 3. The Morgan fingerprint density at radius 3 is 2.34 bits per heavy atom. The maximum atomic E-state index is 14.1. The number of halogens is 1. The van der Waals surface area contributed by atoms with Crippen molar-refractivity contribution in [2.75, 3.05) is 25.6 Å². The van der Waals surface area contributed by atoms with E-state index in [1.165, 1.54) is 6.07 Å². The number of aromatic carboxylic acids is 1. The summed E-state index contributed by atoms with van der Waals surface area (Å²) in [6.07, 6.45) is 6.31. The van der Waals surface area contributed by atoms with Crippen LogP contribution in [0.4, 0.5) is 14.9 Å². The summed E-state index contributed by atoms with van der Waals surface area (Å²) in [6, 6.07) is 5.43. The summed E-state index contributed by atoms with van der Waals surface area (Å²) < 4.78 is 24.9. The number of benzene rings is 1. The van der Waals surface area contributed by atoms with Crippen molar-refractivity contribution in [1.29, 1.82) is 0 Å². The highest BCUT2D eigenvalue weighted by molar-refractivity contribution is 6.00. The molecule has 11 nitrogen and oxygen atoms in total. The zero-order valence-electron chi connectivity index (χ0n) is 27.9. The summed E-state index contributed by atoms with van der Waals surface area (Å²) in [5.41, 5.74) is 0.566. The molecule has 12 heteroatoms. The molecule has 4 N–H and O–H groups in total. The minimum absolute atomic E-state index is 0.0108. The number of carbonyl (C=O) groups is 4. The maximum Gasteiger partial charge on any atom is 0.407 e. The number of carboxylic acid groups (broad SMARTS) is 1. The van der Waals surface area contributed by atoms with Gasteiger partial charge in [-0.1, -0.05) is 0 Å². The van der Waals surface area contributed by atoms with E-state index < -0.39 is 36.4 Å². The van der Waals surface area contributed by atoms with E-state index >= 15 is 0 Å². The molecule has 3 atom stereocenters. The second kappa shape index (κ2) is 14.6. The van der Waals surface area contributed by atoms with Crippen LogP contribution in [0.3, 0.4) is 0 Å². The van der Waals surface area contributed by atoms with Gasteiger partial charge in [0.1, 0.15) is 24.0 Å². The molecule has 0 bridgehead atoms. The Hall–Kier alpha value is -3.67. The number of hydrogen-bond acceptors (Lipinski definition) is 6. The summed E-state index contributed by atoms with van der Waals surface area (Å²) in [5, 5.41) is 15.7. The van der Waals surface area contributed by atoms with Crippen molar-refractivity contribution < 1.29 is 38.1 Å². The molecule has 1 saturated heterocycles. The van der Waals surface area contributed by atoms with Crippen LogP contribution in [0.2, 0.25) is 0 Å². The molecule has 2 heterocycles. The quantitative estimate of drug-likeness (QED) is 0.263. The minimum Gasteiger partial charge on any atom is -0.477 e. The van der Waals surface area contributed by atoms with E-state index in [2.05, 4.69) is 15.6 Å². The fourth-order valence-corrected chi connectivity index (χ4v) is 7.93. The van der Waals surface area contributed by atoms with Crippen LogP contribution in [0.25, 0.3) is 10.9 Å². The highest BCUT2D eigenvalue weighted by Crippen LogP contribution is 2.42. The lowest BCUT2D eigenvalue weighted by atomic mass is 9.75. The minimum atomic E-state index is -1.06. The SMILES string of the molecule is COC1CCC([C@H]2CCN(C(=O)[C@H]3CC[C@H]([C@@H](CF)NC(=O)OC(C)(C)C)CC3)[C@H]2C(=O)Nc2ccc3[nH]c(C(=O)O)cc3c2)CC1. The number of nitrogens with zero attached hydrogens (tertiary/aromatic N) is 1. The first kappa shape index (κ1) is 34.7. The molecule has 0 unspecified atom stereocenters. The van der Waals surface area contributed by atoms with Crippen LogP contribution in [0.15, 0.2) is 24.3 Å². The van der Waals surface area contributed by atoms with Crippen molar-refractivity contribution in [2.24, 2.45) is 23.7 Å². The van der Waals surface area contributed by atoms with Gasteiger partial charge in [0.25, 0.3) is 0 Å². The van der Waals surface area contributed by atoms with Crippen molar-refractivity contribution >= 4 is 40.5 Å². The Kier molecular flexibility index (Phi) is 10.8. The molecule has 3 amide bonds. The zero-order valence-corrected chi connectivity index (χ0v) is 27.9. The topological polar surface area (TPSA) is 150 Å². The number of hydrogen-bond donors (Lipinski definition) is 4. The highest BCUT2D eigenvalue weighted by Gasteiger charge is 2.47. The number of ether oxygens (including phenoxy) is 2. The monoisotopic (exact) mass is 656 g/mol. The summed E-state index contributed by atoms with van der Waals surface area (Å²) in [6.45, 7) is 5.05. The van der Waals surface area contributed by atoms with E-state index in [9.17, 15) is 28.7 Å². The standard InChI is InChI=1S/C35H49FN4O7/c1-35(2,3)47-34(45)39-29(19-36)21-5-7-22(8-6-21)32(42)40-16-15-26(20-9-12-25(46-4)13-10-20)30(40)31(41)37-24-11-14-27-23(17-24)18-28(38-27)33(43)44/h11,14,17-18,20-22,25-26,29-30,38H,5-10,12-13,15-16,19H2,1-4H3,(H,37,41)(H,39,45)(H,43,44)/t20?,21-,22-,25?,26-,29-,30-/m1/s1. The van der Waals surface area contributed by atoms with E-state index in [1.807, 2.05) is 0 Å². The van der Waals surface area contributed by atoms with Crippen LogP contribution in [0, 0.1) is 23.7 Å². The Bertz CT molecular complexity index is 1440. The zero-order chi connectivity index (χ0) is 33.9. The van der Waals surface area contributed by atoms with Crippen molar-refractivity contribution in [2.45, 2.75) is 102 Å². The number of alkyl halides is 1. The molecule has 1 aromatic carbocycles. The first-order chi connectivity index (χ1) is 22.4. The Balaban J connectivity index is 1.28. The first-order valence-electron chi connectivity index (χ1n) is 16.9. The third kappa shape index (κ3) is 8.25. The Morgan fingerprint density at radius 2 is 1.72 bits per heavy atom. The maximum absolute atomic E-state index is 14.1. The first-order valence-corrected chi connectivity index (χ1v) is 16.9. The summed E-state index contributed by atoms with van der Waals surface area (Å²) in [4.78, 5) is 56.6. The van der Waals surface area contributed by atoms with Crippen LogP contribution in [-0.2, 0) is 19.1 Å². The number of carboxylic acids is 1. The van der Waals surface area contributed by atoms with Crippen LogP contribution < -0.4 is 10.6 Å². The Labute approximate surface area is 275 Å². The molecular weight excluding hydrogens is 607 g/mol. The number of nitrogens with one attached hydrogen (secondary N) is 3. The molecule has 0 spiro atoms. The molecule has 47 heavy (non-hydrogen) atoms. The molecule has 3 aliphatic rings. The third-order valence-electron chi connectivity index (χ3n) is 10.3. The lowest BCUT2D eigenvalue weighted by Gasteiger charge is -2.38. The molecule has 2 aromatic rings. The van der Waals surface area contributed by atoms with Crippen molar-refractivity contribution in [3.8, 4) is 0 Å². The number of aromatic amines is 1. The van der Waals surface area contributed by atoms with Gasteiger partial charge in [-0.25, -0.2) is 14.0 Å². The van der Waals surface area contributed by atoms with Crippen LogP contribution in [0.5, 0.6) is 0 Å². The van der Waals surface area contributed by atoms with Crippen LogP contribution in [0.1, 0.15) is 89.0 Å². The van der Waals surface area contributed by atoms with Gasteiger partial charge < -0.3 is 35.1 Å². The Morgan fingerprint density at radius 1 is 1.02 bits per heavy atom. The van der Waals surface area contributed by atoms with E-state index in [-0.39, 0.29) is 41.4 Å². The van der Waals surface area contributed by atoms with E-state index in [0.29, 0.717) is 54.7 Å². The van der Waals surface area contributed by atoms with Gasteiger partial charge in [-0.05, 0) is 121 Å². The largest absolute Gasteiger partial charge is 0.477 e. The average molecular weight is 657 g/mol. The number of amides is 3. The number of fused-ring (bicyclic) bond motifs is 1.